The fourth-order valence-electron chi connectivity index (χ4n) is 1.97. The van der Waals surface area contributed by atoms with E-state index in [1.54, 1.807) is 0 Å². The number of benzene rings is 2. The lowest BCUT2D eigenvalue weighted by Gasteiger charge is -2.08. The number of sulfone groups is 1. The van der Waals surface area contributed by atoms with Crippen LogP contribution in [0.15, 0.2) is 54.6 Å². The van der Waals surface area contributed by atoms with Gasteiger partial charge in [0.15, 0.2) is 9.84 Å². The van der Waals surface area contributed by atoms with E-state index in [2.05, 4.69) is 12.1 Å². The fourth-order valence-corrected chi connectivity index (χ4v) is 2.82. The Morgan fingerprint density at radius 1 is 0.833 bits per heavy atom. The minimum atomic E-state index is -2.99. The molecule has 0 radical (unpaired) electrons. The van der Waals surface area contributed by atoms with Crippen LogP contribution in [0.25, 0.3) is 0 Å². The first-order chi connectivity index (χ1) is 8.54. The highest BCUT2D eigenvalue weighted by molar-refractivity contribution is 7.89. The summed E-state index contributed by atoms with van der Waals surface area (Å²) in [4.78, 5) is 0. The lowest BCUT2D eigenvalue weighted by Crippen LogP contribution is -2.04. The maximum atomic E-state index is 11.4. The van der Waals surface area contributed by atoms with E-state index in [-0.39, 0.29) is 5.75 Å². The van der Waals surface area contributed by atoms with Crippen molar-refractivity contribution < 1.29 is 8.42 Å². The summed E-state index contributed by atoms with van der Waals surface area (Å²) in [6, 6.07) is 17.8. The molecule has 0 spiro atoms. The molecule has 0 saturated carbocycles. The second kappa shape index (κ2) is 5.36. The Morgan fingerprint density at radius 2 is 1.39 bits per heavy atom. The van der Waals surface area contributed by atoms with Gasteiger partial charge in [-0.3, -0.25) is 0 Å². The molecule has 18 heavy (non-hydrogen) atoms. The molecule has 0 bridgehead atoms. The minimum Gasteiger partial charge on any atom is -0.229 e. The third-order valence-corrected chi connectivity index (χ3v) is 3.61. The summed E-state index contributed by atoms with van der Waals surface area (Å²) in [5.41, 5.74) is 3.16. The molecule has 3 heteroatoms. The zero-order valence-corrected chi connectivity index (χ0v) is 11.2. The van der Waals surface area contributed by atoms with Crippen LogP contribution in [-0.4, -0.2) is 14.7 Å². The Hall–Kier alpha value is -1.61. The maximum absolute atomic E-state index is 11.4. The molecule has 2 aromatic carbocycles. The molecule has 0 unspecified atom stereocenters. The standard InChI is InChI=1S/C15H16O2S/c1-18(16,17)12-15-10-6-5-9-14(15)11-13-7-3-2-4-8-13/h2-10H,11-12H2,1H3. The van der Waals surface area contributed by atoms with Crippen molar-refractivity contribution in [2.45, 2.75) is 12.2 Å². The average Bonchev–Trinajstić information content (AvgIpc) is 2.31. The van der Waals surface area contributed by atoms with Crippen molar-refractivity contribution in [2.75, 3.05) is 6.26 Å². The first-order valence-electron chi connectivity index (χ1n) is 5.83. The monoisotopic (exact) mass is 260 g/mol. The predicted molar refractivity (Wildman–Crippen MR) is 74.2 cm³/mol. The van der Waals surface area contributed by atoms with Gasteiger partial charge in [0.25, 0.3) is 0 Å². The van der Waals surface area contributed by atoms with Crippen LogP contribution in [0.3, 0.4) is 0 Å². The van der Waals surface area contributed by atoms with Gasteiger partial charge in [-0.25, -0.2) is 8.42 Å². The van der Waals surface area contributed by atoms with Crippen molar-refractivity contribution in [1.82, 2.24) is 0 Å². The summed E-state index contributed by atoms with van der Waals surface area (Å²) < 4.78 is 22.8. The van der Waals surface area contributed by atoms with Crippen molar-refractivity contribution in [3.05, 3.63) is 71.3 Å². The van der Waals surface area contributed by atoms with Gasteiger partial charge in [-0.2, -0.15) is 0 Å². The van der Waals surface area contributed by atoms with Gasteiger partial charge < -0.3 is 0 Å². The van der Waals surface area contributed by atoms with E-state index >= 15 is 0 Å². The van der Waals surface area contributed by atoms with Crippen molar-refractivity contribution >= 4 is 9.84 Å². The molecule has 0 heterocycles. The molecule has 94 valence electrons. The topological polar surface area (TPSA) is 34.1 Å². The Labute approximate surface area is 108 Å². The number of rotatable bonds is 4. The van der Waals surface area contributed by atoms with E-state index < -0.39 is 9.84 Å². The molecular weight excluding hydrogens is 244 g/mol. The quantitative estimate of drug-likeness (QED) is 0.847. The molecule has 2 aromatic rings. The SMILES string of the molecule is CS(=O)(=O)Cc1ccccc1Cc1ccccc1. The first kappa shape index (κ1) is 12.8. The molecule has 0 atom stereocenters. The third kappa shape index (κ3) is 3.70. The molecule has 0 saturated heterocycles. The van der Waals surface area contributed by atoms with E-state index in [1.165, 1.54) is 11.8 Å². The molecule has 2 nitrogen and oxygen atoms in total. The normalized spacial score (nSPS) is 11.4. The van der Waals surface area contributed by atoms with Gasteiger partial charge in [-0.1, -0.05) is 54.6 Å². The van der Waals surface area contributed by atoms with Crippen LogP contribution in [0.2, 0.25) is 0 Å². The van der Waals surface area contributed by atoms with Crippen molar-refractivity contribution in [2.24, 2.45) is 0 Å². The lowest BCUT2D eigenvalue weighted by atomic mass is 10.0. The number of hydrogen-bond donors (Lipinski definition) is 0. The maximum Gasteiger partial charge on any atom is 0.151 e. The summed E-state index contributed by atoms with van der Waals surface area (Å²) in [7, 11) is -2.99. The molecular formula is C15H16O2S. The third-order valence-electron chi connectivity index (χ3n) is 2.77. The molecule has 0 aliphatic heterocycles. The second-order valence-electron chi connectivity index (χ2n) is 4.50. The average molecular weight is 260 g/mol. The van der Waals surface area contributed by atoms with Gasteiger partial charge in [-0.05, 0) is 23.1 Å². The van der Waals surface area contributed by atoms with Crippen molar-refractivity contribution in [1.29, 1.82) is 0 Å². The smallest absolute Gasteiger partial charge is 0.151 e. The van der Waals surface area contributed by atoms with E-state index in [9.17, 15) is 8.42 Å². The molecule has 2 rings (SSSR count). The molecule has 0 aliphatic rings. The number of hydrogen-bond acceptors (Lipinski definition) is 2. The molecule has 0 N–H and O–H groups in total. The van der Waals surface area contributed by atoms with Gasteiger partial charge in [0.2, 0.25) is 0 Å². The minimum absolute atomic E-state index is 0.107. The highest BCUT2D eigenvalue weighted by Crippen LogP contribution is 2.16. The summed E-state index contributed by atoms with van der Waals surface area (Å²) in [5.74, 6) is 0.107. The van der Waals surface area contributed by atoms with Crippen LogP contribution in [0.1, 0.15) is 16.7 Å². The summed E-state index contributed by atoms with van der Waals surface area (Å²) in [6.07, 6.45) is 2.04. The first-order valence-corrected chi connectivity index (χ1v) is 7.89. The van der Waals surface area contributed by atoms with Gasteiger partial charge >= 0.3 is 0 Å². The Balaban J connectivity index is 2.28. The van der Waals surface area contributed by atoms with Gasteiger partial charge in [-0.15, -0.1) is 0 Å². The lowest BCUT2D eigenvalue weighted by molar-refractivity contribution is 0.601. The Kier molecular flexibility index (Phi) is 3.82. The Morgan fingerprint density at radius 3 is 2.00 bits per heavy atom. The van der Waals surface area contributed by atoms with Gasteiger partial charge in [0.05, 0.1) is 5.75 Å². The highest BCUT2D eigenvalue weighted by atomic mass is 32.2. The van der Waals surface area contributed by atoms with Crippen LogP contribution in [-0.2, 0) is 22.0 Å². The second-order valence-corrected chi connectivity index (χ2v) is 6.64. The van der Waals surface area contributed by atoms with E-state index in [4.69, 9.17) is 0 Å². The zero-order valence-electron chi connectivity index (χ0n) is 10.3. The summed E-state index contributed by atoms with van der Waals surface area (Å²) in [5, 5.41) is 0. The van der Waals surface area contributed by atoms with Gasteiger partial charge in [0.1, 0.15) is 0 Å². The van der Waals surface area contributed by atoms with Crippen LogP contribution in [0, 0.1) is 0 Å². The van der Waals surface area contributed by atoms with Crippen LogP contribution in [0.5, 0.6) is 0 Å². The Bertz CT molecular complexity index is 616. The highest BCUT2D eigenvalue weighted by Gasteiger charge is 2.09. The van der Waals surface area contributed by atoms with E-state index in [0.717, 1.165) is 17.5 Å². The van der Waals surface area contributed by atoms with Crippen molar-refractivity contribution in [3.63, 3.8) is 0 Å². The van der Waals surface area contributed by atoms with E-state index in [0.29, 0.717) is 0 Å². The summed E-state index contributed by atoms with van der Waals surface area (Å²) in [6.45, 7) is 0. The molecule has 0 fully saturated rings. The van der Waals surface area contributed by atoms with Gasteiger partial charge in [0, 0.05) is 6.26 Å². The largest absolute Gasteiger partial charge is 0.229 e. The van der Waals surface area contributed by atoms with Crippen LogP contribution >= 0.6 is 0 Å². The molecule has 0 amide bonds. The predicted octanol–water partition coefficient (Wildman–Crippen LogP) is 2.82. The van der Waals surface area contributed by atoms with E-state index in [1.807, 2.05) is 42.5 Å². The molecule has 0 aliphatic carbocycles. The summed E-state index contributed by atoms with van der Waals surface area (Å²) >= 11 is 0. The molecule has 0 aromatic heterocycles. The zero-order chi connectivity index (χ0) is 13.0. The van der Waals surface area contributed by atoms with Crippen molar-refractivity contribution in [3.8, 4) is 0 Å². The van der Waals surface area contributed by atoms with Crippen LogP contribution < -0.4 is 0 Å². The fraction of sp³-hybridized carbons (Fsp3) is 0.200. The van der Waals surface area contributed by atoms with Crippen LogP contribution in [0.4, 0.5) is 0 Å².